The zero-order valence-corrected chi connectivity index (χ0v) is 13.0. The first-order valence-electron chi connectivity index (χ1n) is 6.10. The summed E-state index contributed by atoms with van der Waals surface area (Å²) in [7, 11) is 3.02. The molecule has 6 heteroatoms. The Morgan fingerprint density at radius 3 is 2.29 bits per heavy atom. The first kappa shape index (κ1) is 15.9. The van der Waals surface area contributed by atoms with Gasteiger partial charge in [-0.25, -0.2) is 4.39 Å². The molecule has 1 unspecified atom stereocenters. The predicted molar refractivity (Wildman–Crippen MR) is 82.0 cm³/mol. The predicted octanol–water partition coefficient (Wildman–Crippen LogP) is 4.20. The molecule has 1 atom stereocenters. The Bertz CT molecular complexity index is 664. The highest BCUT2D eigenvalue weighted by Gasteiger charge is 2.20. The minimum Gasteiger partial charge on any atom is -0.493 e. The zero-order valence-electron chi connectivity index (χ0n) is 11.5. The van der Waals surface area contributed by atoms with Gasteiger partial charge in [0.2, 0.25) is 0 Å². The minimum absolute atomic E-state index is 0.0177. The first-order chi connectivity index (χ1) is 9.99. The van der Waals surface area contributed by atoms with E-state index in [1.54, 1.807) is 24.3 Å². The van der Waals surface area contributed by atoms with Gasteiger partial charge in [0.15, 0.2) is 11.5 Å². The van der Waals surface area contributed by atoms with E-state index in [1.807, 2.05) is 0 Å². The molecule has 112 valence electrons. The van der Waals surface area contributed by atoms with Crippen LogP contribution in [0, 0.1) is 5.82 Å². The fourth-order valence-electron chi connectivity index (χ4n) is 2.04. The van der Waals surface area contributed by atoms with Crippen LogP contribution >= 0.6 is 23.2 Å². The third kappa shape index (κ3) is 3.07. The van der Waals surface area contributed by atoms with Crippen molar-refractivity contribution in [3.05, 3.63) is 57.3 Å². The van der Waals surface area contributed by atoms with Crippen LogP contribution in [0.25, 0.3) is 0 Å². The summed E-state index contributed by atoms with van der Waals surface area (Å²) in [4.78, 5) is 0. The van der Waals surface area contributed by atoms with Crippen molar-refractivity contribution < 1.29 is 13.9 Å². The smallest absolute Gasteiger partial charge is 0.162 e. The summed E-state index contributed by atoms with van der Waals surface area (Å²) in [6.45, 7) is 0. The molecule has 2 rings (SSSR count). The summed E-state index contributed by atoms with van der Waals surface area (Å²) >= 11 is 12.2. The first-order valence-corrected chi connectivity index (χ1v) is 6.86. The van der Waals surface area contributed by atoms with Crippen LogP contribution in [0.15, 0.2) is 30.3 Å². The maximum Gasteiger partial charge on any atom is 0.162 e. The maximum atomic E-state index is 13.6. The topological polar surface area (TPSA) is 44.5 Å². The van der Waals surface area contributed by atoms with E-state index in [0.717, 1.165) is 0 Å². The van der Waals surface area contributed by atoms with E-state index in [0.29, 0.717) is 27.6 Å². The van der Waals surface area contributed by atoms with E-state index in [9.17, 15) is 4.39 Å². The van der Waals surface area contributed by atoms with E-state index in [1.165, 1.54) is 20.3 Å². The third-order valence-electron chi connectivity index (χ3n) is 3.15. The van der Waals surface area contributed by atoms with Crippen molar-refractivity contribution in [2.45, 2.75) is 6.04 Å². The number of ether oxygens (including phenoxy) is 2. The lowest BCUT2D eigenvalue weighted by Crippen LogP contribution is -2.14. The van der Waals surface area contributed by atoms with Gasteiger partial charge >= 0.3 is 0 Å². The highest BCUT2D eigenvalue weighted by molar-refractivity contribution is 6.32. The van der Waals surface area contributed by atoms with E-state index in [4.69, 9.17) is 38.4 Å². The standard InChI is InChI=1S/C15H14Cl2FNO2/c1-20-12-6-9(10(16)7-13(12)21-2)15(19)8-4-3-5-11(18)14(8)17/h3-7,15H,19H2,1-2H3. The quantitative estimate of drug-likeness (QED) is 0.914. The molecular weight excluding hydrogens is 316 g/mol. The Kier molecular flexibility index (Phi) is 4.93. The van der Waals surface area contributed by atoms with Crippen LogP contribution in [0.1, 0.15) is 17.2 Å². The van der Waals surface area contributed by atoms with Crippen molar-refractivity contribution >= 4 is 23.2 Å². The Labute approximate surface area is 132 Å². The van der Waals surface area contributed by atoms with E-state index in [-0.39, 0.29) is 5.02 Å². The Morgan fingerprint density at radius 2 is 1.67 bits per heavy atom. The third-order valence-corrected chi connectivity index (χ3v) is 3.88. The van der Waals surface area contributed by atoms with E-state index < -0.39 is 11.9 Å². The fourth-order valence-corrected chi connectivity index (χ4v) is 2.55. The fraction of sp³-hybridized carbons (Fsp3) is 0.200. The monoisotopic (exact) mass is 329 g/mol. The van der Waals surface area contributed by atoms with Crippen molar-refractivity contribution in [3.63, 3.8) is 0 Å². The van der Waals surface area contributed by atoms with Gasteiger partial charge < -0.3 is 15.2 Å². The van der Waals surface area contributed by atoms with Gasteiger partial charge in [-0.15, -0.1) is 0 Å². The summed E-state index contributed by atoms with van der Waals surface area (Å²) in [5, 5.41) is 0.372. The van der Waals surface area contributed by atoms with Crippen molar-refractivity contribution in [3.8, 4) is 11.5 Å². The van der Waals surface area contributed by atoms with Crippen molar-refractivity contribution in [1.82, 2.24) is 0 Å². The van der Waals surface area contributed by atoms with Gasteiger partial charge in [0.05, 0.1) is 25.3 Å². The van der Waals surface area contributed by atoms with Crippen molar-refractivity contribution in [2.24, 2.45) is 5.73 Å². The average Bonchev–Trinajstić information content (AvgIpc) is 2.49. The molecule has 0 radical (unpaired) electrons. The summed E-state index contributed by atoms with van der Waals surface area (Å²) in [6, 6.07) is 7.05. The highest BCUT2D eigenvalue weighted by Crippen LogP contribution is 2.38. The van der Waals surface area contributed by atoms with Crippen LogP contribution in [0.4, 0.5) is 4.39 Å². The van der Waals surface area contributed by atoms with Crippen LogP contribution in [-0.4, -0.2) is 14.2 Å². The molecule has 21 heavy (non-hydrogen) atoms. The van der Waals surface area contributed by atoms with Gasteiger partial charge in [-0.3, -0.25) is 0 Å². The lowest BCUT2D eigenvalue weighted by atomic mass is 9.99. The van der Waals surface area contributed by atoms with Gasteiger partial charge in [-0.05, 0) is 23.3 Å². The molecule has 0 amide bonds. The lowest BCUT2D eigenvalue weighted by molar-refractivity contribution is 0.354. The molecule has 0 saturated heterocycles. The van der Waals surface area contributed by atoms with Crippen LogP contribution in [0.3, 0.4) is 0 Å². The van der Waals surface area contributed by atoms with Gasteiger partial charge in [-0.1, -0.05) is 35.3 Å². The number of benzene rings is 2. The van der Waals surface area contributed by atoms with Gasteiger partial charge in [0.1, 0.15) is 5.82 Å². The maximum absolute atomic E-state index is 13.6. The van der Waals surface area contributed by atoms with Gasteiger partial charge in [-0.2, -0.15) is 0 Å². The molecule has 0 bridgehead atoms. The highest BCUT2D eigenvalue weighted by atomic mass is 35.5. The molecule has 0 fully saturated rings. The number of nitrogens with two attached hydrogens (primary N) is 1. The molecule has 0 aliphatic heterocycles. The lowest BCUT2D eigenvalue weighted by Gasteiger charge is -2.18. The van der Waals surface area contributed by atoms with Crippen molar-refractivity contribution in [2.75, 3.05) is 14.2 Å². The number of hydrogen-bond donors (Lipinski definition) is 1. The van der Waals surface area contributed by atoms with Crippen LogP contribution in [0.5, 0.6) is 11.5 Å². The molecule has 0 spiro atoms. The Morgan fingerprint density at radius 1 is 1.05 bits per heavy atom. The largest absolute Gasteiger partial charge is 0.493 e. The molecule has 0 aliphatic rings. The molecular formula is C15H14Cl2FNO2. The van der Waals surface area contributed by atoms with E-state index >= 15 is 0 Å². The van der Waals surface area contributed by atoms with E-state index in [2.05, 4.69) is 0 Å². The minimum atomic E-state index is -0.680. The van der Waals surface area contributed by atoms with Gasteiger partial charge in [0, 0.05) is 11.1 Å². The summed E-state index contributed by atoms with van der Waals surface area (Å²) < 4.78 is 23.9. The molecule has 0 aromatic heterocycles. The van der Waals surface area contributed by atoms with Crippen LogP contribution in [-0.2, 0) is 0 Å². The summed E-state index contributed by atoms with van der Waals surface area (Å²) in [5.41, 5.74) is 7.19. The molecule has 2 N–H and O–H groups in total. The molecule has 0 aliphatic carbocycles. The van der Waals surface area contributed by atoms with Crippen LogP contribution < -0.4 is 15.2 Å². The second-order valence-electron chi connectivity index (χ2n) is 4.35. The number of hydrogen-bond acceptors (Lipinski definition) is 3. The summed E-state index contributed by atoms with van der Waals surface area (Å²) in [5.74, 6) is 0.449. The SMILES string of the molecule is COc1cc(Cl)c(C(N)c2cccc(F)c2Cl)cc1OC. The Balaban J connectivity index is 2.53. The van der Waals surface area contributed by atoms with Gasteiger partial charge in [0.25, 0.3) is 0 Å². The van der Waals surface area contributed by atoms with Crippen molar-refractivity contribution in [1.29, 1.82) is 0 Å². The molecule has 0 saturated carbocycles. The number of halogens is 3. The zero-order chi connectivity index (χ0) is 15.6. The Hall–Kier alpha value is -1.49. The number of rotatable bonds is 4. The average molecular weight is 330 g/mol. The molecule has 2 aromatic rings. The number of methoxy groups -OCH3 is 2. The molecule has 0 heterocycles. The second-order valence-corrected chi connectivity index (χ2v) is 5.13. The molecule has 2 aromatic carbocycles. The summed E-state index contributed by atoms with van der Waals surface area (Å²) in [6.07, 6.45) is 0. The molecule has 3 nitrogen and oxygen atoms in total. The normalized spacial score (nSPS) is 12.1. The van der Waals surface area contributed by atoms with Crippen LogP contribution in [0.2, 0.25) is 10.0 Å². The second kappa shape index (κ2) is 6.52.